The number of nitrogens with zero attached hydrogens (tertiary/aromatic N) is 1. The molecule has 1 aliphatic heterocycles. The molecule has 35 heavy (non-hydrogen) atoms. The van der Waals surface area contributed by atoms with Crippen LogP contribution in [0.3, 0.4) is 0 Å². The smallest absolute Gasteiger partial charge is 0.0486 e. The van der Waals surface area contributed by atoms with Gasteiger partial charge in [-0.3, -0.25) is 4.90 Å². The van der Waals surface area contributed by atoms with E-state index in [9.17, 15) is 0 Å². The maximum absolute atomic E-state index is 4.15. The van der Waals surface area contributed by atoms with Crippen LogP contribution in [0.15, 0.2) is 98.2 Å². The van der Waals surface area contributed by atoms with E-state index in [4.69, 9.17) is 0 Å². The third-order valence-electron chi connectivity index (χ3n) is 6.32. The molecule has 0 spiro atoms. The first-order chi connectivity index (χ1) is 16.9. The highest BCUT2D eigenvalue weighted by molar-refractivity contribution is 5.18. The molecule has 192 valence electrons. The van der Waals surface area contributed by atoms with Crippen LogP contribution >= 0.6 is 0 Å². The Morgan fingerprint density at radius 3 is 2.14 bits per heavy atom. The molecular weight excluding hydrogens is 426 g/mol. The molecule has 0 amide bonds. The zero-order valence-electron chi connectivity index (χ0n) is 22.7. The Morgan fingerprint density at radius 2 is 1.69 bits per heavy atom. The quantitative estimate of drug-likeness (QED) is 0.337. The Morgan fingerprint density at radius 1 is 1.06 bits per heavy atom. The summed E-state index contributed by atoms with van der Waals surface area (Å²) in [7, 11) is 4.14. The SMILES string of the molecule is C=C(NCc1ccccc1)C1CCCN1C.C=CCC(C=C)CCNC.CC(C)c1ccccc1. The number of benzene rings is 2. The third-order valence-corrected chi connectivity index (χ3v) is 6.32. The van der Waals surface area contributed by atoms with E-state index >= 15 is 0 Å². The number of likely N-dealkylation sites (tertiary alicyclic amines) is 1. The van der Waals surface area contributed by atoms with Crippen LogP contribution in [0, 0.1) is 5.92 Å². The van der Waals surface area contributed by atoms with Crippen molar-refractivity contribution in [3.63, 3.8) is 0 Å². The van der Waals surface area contributed by atoms with Gasteiger partial charge in [0.25, 0.3) is 0 Å². The summed E-state index contributed by atoms with van der Waals surface area (Å²) in [6, 6.07) is 21.5. The lowest BCUT2D eigenvalue weighted by atomic mass is 10.0. The minimum atomic E-state index is 0.517. The van der Waals surface area contributed by atoms with E-state index in [0.717, 1.165) is 31.6 Å². The highest BCUT2D eigenvalue weighted by atomic mass is 15.2. The maximum atomic E-state index is 4.15. The van der Waals surface area contributed by atoms with Gasteiger partial charge in [-0.25, -0.2) is 0 Å². The van der Waals surface area contributed by atoms with E-state index in [1.165, 1.54) is 30.5 Å². The fraction of sp³-hybridized carbons (Fsp3) is 0.438. The van der Waals surface area contributed by atoms with Gasteiger partial charge in [0.1, 0.15) is 0 Å². The van der Waals surface area contributed by atoms with Gasteiger partial charge in [0, 0.05) is 18.3 Å². The molecule has 3 rings (SSSR count). The Kier molecular flexibility index (Phi) is 16.2. The standard InChI is InChI=1S/C14H20N2.C9H17N.C9H12/c1-12(14-9-6-10-16(14)2)15-11-13-7-4-3-5-8-13;1-4-6-9(5-2)7-8-10-3;1-8(2)9-6-4-3-5-7-9/h3-5,7-8,14-15H,1,6,9-11H2,2H3;4-5,9-10H,1-2,6-8H2,3H3;3-8H,1-2H3. The van der Waals surface area contributed by atoms with Crippen LogP contribution in [0.5, 0.6) is 0 Å². The fourth-order valence-electron chi connectivity index (χ4n) is 3.99. The van der Waals surface area contributed by atoms with Gasteiger partial charge < -0.3 is 10.6 Å². The number of hydrogen-bond acceptors (Lipinski definition) is 3. The van der Waals surface area contributed by atoms with Gasteiger partial charge in [-0.2, -0.15) is 0 Å². The van der Waals surface area contributed by atoms with Crippen LogP contribution in [0.25, 0.3) is 0 Å². The summed E-state index contributed by atoms with van der Waals surface area (Å²) in [6.07, 6.45) is 8.67. The summed E-state index contributed by atoms with van der Waals surface area (Å²) in [5.74, 6) is 1.26. The Labute approximate surface area is 216 Å². The van der Waals surface area contributed by atoms with Gasteiger partial charge in [-0.1, -0.05) is 93.2 Å². The fourth-order valence-corrected chi connectivity index (χ4v) is 3.99. The molecule has 0 aromatic heterocycles. The third kappa shape index (κ3) is 13.2. The molecule has 3 nitrogen and oxygen atoms in total. The van der Waals surface area contributed by atoms with Gasteiger partial charge in [0.15, 0.2) is 0 Å². The molecule has 2 aromatic carbocycles. The normalized spacial score (nSPS) is 15.7. The molecular formula is C32H49N3. The summed E-state index contributed by atoms with van der Waals surface area (Å²) in [6.45, 7) is 19.1. The average Bonchev–Trinajstić information content (AvgIpc) is 3.33. The van der Waals surface area contributed by atoms with Crippen LogP contribution in [0.4, 0.5) is 0 Å². The second-order valence-electron chi connectivity index (χ2n) is 9.48. The molecule has 3 heteroatoms. The van der Waals surface area contributed by atoms with Crippen LogP contribution in [-0.4, -0.2) is 38.1 Å². The highest BCUT2D eigenvalue weighted by Crippen LogP contribution is 2.19. The van der Waals surface area contributed by atoms with Crippen molar-refractivity contribution in [3.8, 4) is 0 Å². The second kappa shape index (κ2) is 18.7. The summed E-state index contributed by atoms with van der Waals surface area (Å²) in [5, 5.41) is 6.54. The van der Waals surface area contributed by atoms with Crippen molar-refractivity contribution >= 4 is 0 Å². The van der Waals surface area contributed by atoms with Crippen LogP contribution in [0.2, 0.25) is 0 Å². The van der Waals surface area contributed by atoms with Crippen molar-refractivity contribution in [2.75, 3.05) is 27.2 Å². The first-order valence-corrected chi connectivity index (χ1v) is 13.0. The Bertz CT molecular complexity index is 813. The first-order valence-electron chi connectivity index (χ1n) is 13.0. The minimum Gasteiger partial charge on any atom is -0.383 e. The maximum Gasteiger partial charge on any atom is 0.0486 e. The van der Waals surface area contributed by atoms with Crippen molar-refractivity contribution in [1.82, 2.24) is 15.5 Å². The van der Waals surface area contributed by atoms with Crippen molar-refractivity contribution in [3.05, 3.63) is 109 Å². The molecule has 0 saturated carbocycles. The number of allylic oxidation sites excluding steroid dienone is 2. The summed E-state index contributed by atoms with van der Waals surface area (Å²) in [4.78, 5) is 2.38. The zero-order chi connectivity index (χ0) is 25.9. The molecule has 1 aliphatic rings. The predicted molar refractivity (Wildman–Crippen MR) is 156 cm³/mol. The molecule has 2 atom stereocenters. The molecule has 0 radical (unpaired) electrons. The topological polar surface area (TPSA) is 27.3 Å². The monoisotopic (exact) mass is 475 g/mol. The summed E-state index contributed by atoms with van der Waals surface area (Å²) >= 11 is 0. The van der Waals surface area contributed by atoms with E-state index in [0.29, 0.717) is 17.9 Å². The Hall–Kier alpha value is -2.62. The van der Waals surface area contributed by atoms with Crippen LogP contribution in [-0.2, 0) is 6.54 Å². The molecule has 2 N–H and O–H groups in total. The number of nitrogens with one attached hydrogen (secondary N) is 2. The minimum absolute atomic E-state index is 0.517. The van der Waals surface area contributed by atoms with E-state index in [2.05, 4.69) is 105 Å². The van der Waals surface area contributed by atoms with Crippen molar-refractivity contribution < 1.29 is 0 Å². The van der Waals surface area contributed by atoms with Gasteiger partial charge >= 0.3 is 0 Å². The average molecular weight is 476 g/mol. The lowest BCUT2D eigenvalue weighted by molar-refractivity contribution is 0.334. The lowest BCUT2D eigenvalue weighted by Gasteiger charge is -2.22. The lowest BCUT2D eigenvalue weighted by Crippen LogP contribution is -2.32. The van der Waals surface area contributed by atoms with E-state index < -0.39 is 0 Å². The molecule has 2 unspecified atom stereocenters. The molecule has 1 fully saturated rings. The van der Waals surface area contributed by atoms with Crippen molar-refractivity contribution in [2.45, 2.75) is 58.0 Å². The second-order valence-corrected chi connectivity index (χ2v) is 9.48. The van der Waals surface area contributed by atoms with Gasteiger partial charge in [0.2, 0.25) is 0 Å². The van der Waals surface area contributed by atoms with Gasteiger partial charge in [-0.05, 0) is 75.8 Å². The number of hydrogen-bond donors (Lipinski definition) is 2. The predicted octanol–water partition coefficient (Wildman–Crippen LogP) is 7.17. The van der Waals surface area contributed by atoms with E-state index in [1.54, 1.807) is 0 Å². The van der Waals surface area contributed by atoms with Gasteiger partial charge in [0.05, 0.1) is 0 Å². The molecule has 0 bridgehead atoms. The van der Waals surface area contributed by atoms with Crippen molar-refractivity contribution in [1.29, 1.82) is 0 Å². The summed E-state index contributed by atoms with van der Waals surface area (Å²) in [5.41, 5.74) is 3.88. The molecule has 0 aliphatic carbocycles. The summed E-state index contributed by atoms with van der Waals surface area (Å²) < 4.78 is 0. The number of rotatable bonds is 11. The van der Waals surface area contributed by atoms with Crippen LogP contribution in [0.1, 0.15) is 56.6 Å². The highest BCUT2D eigenvalue weighted by Gasteiger charge is 2.22. The largest absolute Gasteiger partial charge is 0.383 e. The van der Waals surface area contributed by atoms with E-state index in [-0.39, 0.29) is 0 Å². The van der Waals surface area contributed by atoms with Crippen LogP contribution < -0.4 is 10.6 Å². The van der Waals surface area contributed by atoms with E-state index in [1.807, 2.05) is 31.3 Å². The zero-order valence-corrected chi connectivity index (χ0v) is 22.7. The first kappa shape index (κ1) is 30.4. The van der Waals surface area contributed by atoms with Crippen molar-refractivity contribution in [2.24, 2.45) is 5.92 Å². The Balaban J connectivity index is 0.000000280. The molecule has 2 aromatic rings. The molecule has 1 saturated heterocycles. The molecule has 1 heterocycles. The number of likely N-dealkylation sites (N-methyl/N-ethyl adjacent to an activating group) is 1. The van der Waals surface area contributed by atoms with Gasteiger partial charge in [-0.15, -0.1) is 13.2 Å².